The van der Waals surface area contributed by atoms with Gasteiger partial charge in [0.2, 0.25) is 0 Å². The summed E-state index contributed by atoms with van der Waals surface area (Å²) < 4.78 is 89.3. The van der Waals surface area contributed by atoms with E-state index in [4.69, 9.17) is 28.7 Å². The molecule has 0 aliphatic carbocycles. The minimum absolute atomic E-state index is 0.00389. The molecule has 0 spiro atoms. The van der Waals surface area contributed by atoms with Crippen LogP contribution in [0.15, 0.2) is 194 Å². The van der Waals surface area contributed by atoms with Crippen LogP contribution in [0.4, 0.5) is 0 Å². The minimum Gasteiger partial charge on any atom is -0.309 e. The van der Waals surface area contributed by atoms with Gasteiger partial charge in [-0.3, -0.25) is 0 Å². The molecular weight excluding hydrogens is 701 g/mol. The summed E-state index contributed by atoms with van der Waals surface area (Å²) in [6, 6.07) is 39.3. The van der Waals surface area contributed by atoms with Gasteiger partial charge in [-0.25, -0.2) is 15.0 Å². The van der Waals surface area contributed by atoms with Crippen molar-refractivity contribution in [3.05, 3.63) is 194 Å². The molecule has 0 aliphatic heterocycles. The molecule has 0 radical (unpaired) electrons. The Bertz CT molecular complexity index is 3820. The molecule has 0 fully saturated rings. The zero-order valence-electron chi connectivity index (χ0n) is 39.4. The summed E-state index contributed by atoms with van der Waals surface area (Å²) in [6.07, 6.45) is 0. The lowest BCUT2D eigenvalue weighted by molar-refractivity contribution is 1.06. The molecule has 0 aliphatic rings. The van der Waals surface area contributed by atoms with E-state index in [0.717, 1.165) is 42.4 Å². The maximum absolute atomic E-state index is 9.07. The van der Waals surface area contributed by atoms with Gasteiger partial charge < -0.3 is 4.57 Å². The average Bonchev–Trinajstić information content (AvgIpc) is 3.90. The first kappa shape index (κ1) is 23.5. The molecule has 0 unspecified atom stereocenters. The number of para-hydroxylation sites is 3. The number of benzene rings is 8. The Kier molecular flexibility index (Phi) is 5.58. The summed E-state index contributed by atoms with van der Waals surface area (Å²) >= 11 is 1.61. The highest BCUT2D eigenvalue weighted by Crippen LogP contribution is 2.42. The van der Waals surface area contributed by atoms with Crippen molar-refractivity contribution < 1.29 is 13.7 Å². The van der Waals surface area contributed by atoms with Crippen LogP contribution in [-0.2, 0) is 0 Å². The molecule has 3 aromatic heterocycles. The van der Waals surface area contributed by atoms with E-state index in [2.05, 4.69) is 6.07 Å². The number of aromatic nitrogens is 4. The fourth-order valence-corrected chi connectivity index (χ4v) is 8.65. The molecule has 0 saturated heterocycles. The van der Waals surface area contributed by atoms with Gasteiger partial charge in [-0.2, -0.15) is 0 Å². The van der Waals surface area contributed by atoms with Gasteiger partial charge in [-0.05, 0) is 64.7 Å². The van der Waals surface area contributed by atoms with Crippen LogP contribution < -0.4 is 0 Å². The van der Waals surface area contributed by atoms with Crippen LogP contribution in [0.2, 0.25) is 0 Å². The highest BCUT2D eigenvalue weighted by molar-refractivity contribution is 7.26. The third kappa shape index (κ3) is 5.40. The third-order valence-electron chi connectivity index (χ3n) is 9.98. The van der Waals surface area contributed by atoms with E-state index < -0.39 is 6.04 Å². The molecule has 0 saturated carbocycles. The molecule has 56 heavy (non-hydrogen) atoms. The van der Waals surface area contributed by atoms with Crippen molar-refractivity contribution in [1.82, 2.24) is 19.5 Å². The van der Waals surface area contributed by atoms with Crippen molar-refractivity contribution in [1.29, 1.82) is 0 Å². The zero-order valence-corrected chi connectivity index (χ0v) is 30.2. The van der Waals surface area contributed by atoms with Gasteiger partial charge in [-0.15, -0.1) is 11.3 Å². The number of fused-ring (bicyclic) bond motifs is 6. The van der Waals surface area contributed by atoms with Crippen LogP contribution in [0.3, 0.4) is 0 Å². The maximum atomic E-state index is 9.07. The first-order valence-corrected chi connectivity index (χ1v) is 18.8. The molecule has 0 N–H and O–H groups in total. The van der Waals surface area contributed by atoms with Crippen molar-refractivity contribution in [3.63, 3.8) is 0 Å². The van der Waals surface area contributed by atoms with E-state index in [1.165, 1.54) is 12.1 Å². The van der Waals surface area contributed by atoms with Crippen molar-refractivity contribution in [3.8, 4) is 62.1 Å². The van der Waals surface area contributed by atoms with Gasteiger partial charge in [0.25, 0.3) is 0 Å². The zero-order chi connectivity index (χ0) is 45.7. The molecule has 0 atom stereocenters. The molecule has 4 nitrogen and oxygen atoms in total. The van der Waals surface area contributed by atoms with Crippen LogP contribution in [0, 0.1) is 0 Å². The fourth-order valence-electron chi connectivity index (χ4n) is 7.43. The van der Waals surface area contributed by atoms with Crippen molar-refractivity contribution in [2.24, 2.45) is 0 Å². The summed E-state index contributed by atoms with van der Waals surface area (Å²) in [7, 11) is 0. The average molecular weight is 743 g/mol. The Hall–Kier alpha value is -7.21. The van der Waals surface area contributed by atoms with E-state index >= 15 is 0 Å². The van der Waals surface area contributed by atoms with Crippen LogP contribution >= 0.6 is 11.3 Å². The first-order valence-electron chi connectivity index (χ1n) is 23.0. The molecule has 8 aromatic carbocycles. The molecule has 3 heterocycles. The SMILES string of the molecule is [2H]c1ccc2c(c1[2H])c1c([2H])c([2H])cc([2H])c1n2-c1ccccc1-c1nc(-c2ccccc2)nc(-c2cccc(-c3cccc4c3sc3ccc(-c5c([2H])c([2H])c([2H])c([2H])c5[2H])cc34)c2)n1. The van der Waals surface area contributed by atoms with Gasteiger partial charge in [0, 0.05) is 47.6 Å². The Labute approximate surface area is 341 Å². The summed E-state index contributed by atoms with van der Waals surface area (Å²) in [5.74, 6) is 1.18. The predicted molar refractivity (Wildman–Crippen MR) is 234 cm³/mol. The highest BCUT2D eigenvalue weighted by atomic mass is 32.1. The molecule has 0 bridgehead atoms. The van der Waals surface area contributed by atoms with Crippen LogP contribution in [0.5, 0.6) is 0 Å². The second-order valence-electron chi connectivity index (χ2n) is 13.2. The molecular formula is C51H32N4S. The maximum Gasteiger partial charge on any atom is 0.166 e. The van der Waals surface area contributed by atoms with Crippen molar-refractivity contribution in [2.75, 3.05) is 0 Å². The molecule has 5 heteroatoms. The Morgan fingerprint density at radius 3 is 2.02 bits per heavy atom. The smallest absolute Gasteiger partial charge is 0.166 e. The standard InChI is InChI=1S/C51H32N4S/c1-3-15-33(16-4-1)35-29-30-47-43(32-35)41-25-14-24-38(48(41)56-47)36-19-13-20-37(31-36)50-52-49(34-17-5-2-6-18-34)53-51(54-50)42-23-9-12-28-46(42)55-44-26-10-7-21-39(44)40-22-8-11-27-45(40)55/h1-32H/i1D,3D,4D,7D,8D,15D,16D,21D,22D,26D. The number of nitrogens with zero attached hydrogens (tertiary/aromatic N) is 4. The minimum atomic E-state index is -0.429. The van der Waals surface area contributed by atoms with Gasteiger partial charge in [0.05, 0.1) is 30.4 Å². The van der Waals surface area contributed by atoms with Gasteiger partial charge >= 0.3 is 0 Å². The lowest BCUT2D eigenvalue weighted by atomic mass is 9.99. The van der Waals surface area contributed by atoms with Crippen molar-refractivity contribution in [2.45, 2.75) is 0 Å². The first-order chi connectivity index (χ1) is 31.9. The van der Waals surface area contributed by atoms with E-state index in [-0.39, 0.29) is 65.3 Å². The van der Waals surface area contributed by atoms with Gasteiger partial charge in [0.1, 0.15) is 0 Å². The fraction of sp³-hybridized carbons (Fsp3) is 0. The molecule has 11 aromatic rings. The number of rotatable bonds is 6. The normalized spacial score (nSPS) is 14.1. The van der Waals surface area contributed by atoms with Crippen LogP contribution in [0.25, 0.3) is 104 Å². The highest BCUT2D eigenvalue weighted by Gasteiger charge is 2.19. The van der Waals surface area contributed by atoms with E-state index in [1.807, 2.05) is 108 Å². The predicted octanol–water partition coefficient (Wildman–Crippen LogP) is 13.7. The lowest BCUT2D eigenvalue weighted by Gasteiger charge is -2.14. The van der Waals surface area contributed by atoms with Gasteiger partial charge in [-0.1, -0.05) is 151 Å². The van der Waals surface area contributed by atoms with Crippen LogP contribution in [0.1, 0.15) is 13.7 Å². The molecule has 11 rings (SSSR count). The summed E-state index contributed by atoms with van der Waals surface area (Å²) in [5.41, 5.74) is 6.08. The summed E-state index contributed by atoms with van der Waals surface area (Å²) in [6.45, 7) is 0. The third-order valence-corrected chi connectivity index (χ3v) is 11.2. The Morgan fingerprint density at radius 1 is 0.411 bits per heavy atom. The monoisotopic (exact) mass is 742 g/mol. The second-order valence-corrected chi connectivity index (χ2v) is 14.3. The van der Waals surface area contributed by atoms with Crippen LogP contribution in [-0.4, -0.2) is 19.5 Å². The topological polar surface area (TPSA) is 43.6 Å². The number of hydrogen-bond acceptors (Lipinski definition) is 4. The second kappa shape index (κ2) is 13.3. The van der Waals surface area contributed by atoms with E-state index in [9.17, 15) is 0 Å². The summed E-state index contributed by atoms with van der Waals surface area (Å²) in [4.78, 5) is 15.2. The Balaban J connectivity index is 1.08. The van der Waals surface area contributed by atoms with E-state index in [0.29, 0.717) is 50.7 Å². The number of thiophene rings is 1. The number of hydrogen-bond donors (Lipinski definition) is 0. The largest absolute Gasteiger partial charge is 0.309 e. The Morgan fingerprint density at radius 2 is 1.12 bits per heavy atom. The van der Waals surface area contributed by atoms with Gasteiger partial charge in [0.15, 0.2) is 17.5 Å². The lowest BCUT2D eigenvalue weighted by Crippen LogP contribution is -2.03. The quantitative estimate of drug-likeness (QED) is 0.170. The molecule has 0 amide bonds. The van der Waals surface area contributed by atoms with Crippen molar-refractivity contribution >= 4 is 53.3 Å². The summed E-state index contributed by atoms with van der Waals surface area (Å²) in [5, 5.41) is 2.45. The van der Waals surface area contributed by atoms with E-state index in [1.54, 1.807) is 23.5 Å². The molecule has 262 valence electrons.